The van der Waals surface area contributed by atoms with E-state index in [0.717, 1.165) is 5.56 Å². The van der Waals surface area contributed by atoms with Gasteiger partial charge >= 0.3 is 5.97 Å². The molecule has 0 radical (unpaired) electrons. The van der Waals surface area contributed by atoms with Gasteiger partial charge in [-0.15, -0.1) is 0 Å². The van der Waals surface area contributed by atoms with E-state index in [-0.39, 0.29) is 19.1 Å². The lowest BCUT2D eigenvalue weighted by Gasteiger charge is -2.06. The highest BCUT2D eigenvalue weighted by Crippen LogP contribution is 2.12. The Labute approximate surface area is 111 Å². The molecular weight excluding hydrogens is 250 g/mol. The third kappa shape index (κ3) is 6.42. The molecule has 0 unspecified atom stereocenters. The Kier molecular flexibility index (Phi) is 6.38. The SMILES string of the molecule is COCC(=O)NCCc1ccc(OCC(=O)O)cc1. The Morgan fingerprint density at radius 1 is 1.21 bits per heavy atom. The third-order valence-electron chi connectivity index (χ3n) is 2.30. The zero-order valence-electron chi connectivity index (χ0n) is 10.7. The quantitative estimate of drug-likeness (QED) is 0.714. The average Bonchev–Trinajstić information content (AvgIpc) is 2.38. The molecule has 0 fully saturated rings. The Hall–Kier alpha value is -2.08. The fraction of sp³-hybridized carbons (Fsp3) is 0.385. The molecule has 1 amide bonds. The first kappa shape index (κ1) is 15.0. The first-order chi connectivity index (χ1) is 9.11. The van der Waals surface area contributed by atoms with Crippen LogP contribution in [0.15, 0.2) is 24.3 Å². The number of methoxy groups -OCH3 is 1. The predicted octanol–water partition coefficient (Wildman–Crippen LogP) is 0.455. The molecule has 0 saturated carbocycles. The van der Waals surface area contributed by atoms with Crippen LogP contribution in [0.3, 0.4) is 0 Å². The summed E-state index contributed by atoms with van der Waals surface area (Å²) in [5.74, 6) is -0.650. The van der Waals surface area contributed by atoms with Gasteiger partial charge in [-0.1, -0.05) is 12.1 Å². The van der Waals surface area contributed by atoms with Gasteiger partial charge in [0.2, 0.25) is 5.91 Å². The Bertz CT molecular complexity index is 416. The van der Waals surface area contributed by atoms with Crippen molar-refractivity contribution in [1.29, 1.82) is 0 Å². The van der Waals surface area contributed by atoms with Gasteiger partial charge in [0.1, 0.15) is 12.4 Å². The highest BCUT2D eigenvalue weighted by atomic mass is 16.5. The van der Waals surface area contributed by atoms with E-state index in [1.807, 2.05) is 12.1 Å². The van der Waals surface area contributed by atoms with Crippen molar-refractivity contribution in [3.63, 3.8) is 0 Å². The molecule has 0 aliphatic carbocycles. The zero-order valence-corrected chi connectivity index (χ0v) is 10.7. The third-order valence-corrected chi connectivity index (χ3v) is 2.30. The van der Waals surface area contributed by atoms with Crippen molar-refractivity contribution in [2.24, 2.45) is 0 Å². The van der Waals surface area contributed by atoms with Crippen molar-refractivity contribution in [2.45, 2.75) is 6.42 Å². The molecule has 0 aliphatic heterocycles. The molecule has 104 valence electrons. The second kappa shape index (κ2) is 8.10. The van der Waals surface area contributed by atoms with Crippen molar-refractivity contribution >= 4 is 11.9 Å². The van der Waals surface area contributed by atoms with Crippen LogP contribution in [-0.4, -0.2) is 43.9 Å². The second-order valence-electron chi connectivity index (χ2n) is 3.86. The number of rotatable bonds is 8. The fourth-order valence-electron chi connectivity index (χ4n) is 1.43. The molecule has 1 aromatic rings. The van der Waals surface area contributed by atoms with Crippen LogP contribution in [0.5, 0.6) is 5.75 Å². The molecule has 0 aromatic heterocycles. The Balaban J connectivity index is 2.31. The number of aliphatic carboxylic acids is 1. The number of benzene rings is 1. The summed E-state index contributed by atoms with van der Waals surface area (Å²) < 4.78 is 9.70. The van der Waals surface area contributed by atoms with E-state index < -0.39 is 5.97 Å². The molecule has 19 heavy (non-hydrogen) atoms. The van der Waals surface area contributed by atoms with E-state index in [1.165, 1.54) is 7.11 Å². The molecule has 0 bridgehead atoms. The lowest BCUT2D eigenvalue weighted by Crippen LogP contribution is -2.28. The zero-order chi connectivity index (χ0) is 14.1. The second-order valence-corrected chi connectivity index (χ2v) is 3.86. The minimum atomic E-state index is -1.01. The molecule has 6 nitrogen and oxygen atoms in total. The molecule has 2 N–H and O–H groups in total. The van der Waals surface area contributed by atoms with Crippen LogP contribution < -0.4 is 10.1 Å². The van der Waals surface area contributed by atoms with Crippen molar-refractivity contribution in [1.82, 2.24) is 5.32 Å². The topological polar surface area (TPSA) is 84.9 Å². The number of ether oxygens (including phenoxy) is 2. The summed E-state index contributed by atoms with van der Waals surface area (Å²) in [5, 5.41) is 11.2. The number of amides is 1. The first-order valence-electron chi connectivity index (χ1n) is 5.81. The van der Waals surface area contributed by atoms with Gasteiger partial charge in [0.05, 0.1) is 0 Å². The smallest absolute Gasteiger partial charge is 0.341 e. The minimum Gasteiger partial charge on any atom is -0.482 e. The van der Waals surface area contributed by atoms with Crippen LogP contribution in [0.2, 0.25) is 0 Å². The molecule has 0 spiro atoms. The van der Waals surface area contributed by atoms with Crippen LogP contribution in [0.4, 0.5) is 0 Å². The predicted molar refractivity (Wildman–Crippen MR) is 68.2 cm³/mol. The van der Waals surface area contributed by atoms with Crippen LogP contribution >= 0.6 is 0 Å². The summed E-state index contributed by atoms with van der Waals surface area (Å²) >= 11 is 0. The molecule has 1 rings (SSSR count). The number of hydrogen-bond acceptors (Lipinski definition) is 4. The summed E-state index contributed by atoms with van der Waals surface area (Å²) in [5.41, 5.74) is 1.03. The van der Waals surface area contributed by atoms with Gasteiger partial charge in [0.25, 0.3) is 0 Å². The summed E-state index contributed by atoms with van der Waals surface area (Å²) in [4.78, 5) is 21.4. The van der Waals surface area contributed by atoms with Gasteiger partial charge in [-0.05, 0) is 24.1 Å². The number of nitrogens with one attached hydrogen (secondary N) is 1. The molecule has 1 aromatic carbocycles. The minimum absolute atomic E-state index is 0.0575. The van der Waals surface area contributed by atoms with Crippen LogP contribution in [0, 0.1) is 0 Å². The normalized spacial score (nSPS) is 9.95. The fourth-order valence-corrected chi connectivity index (χ4v) is 1.43. The molecule has 6 heteroatoms. The molecule has 0 heterocycles. The first-order valence-corrected chi connectivity index (χ1v) is 5.81. The summed E-state index contributed by atoms with van der Waals surface area (Å²) in [6.45, 7) is 0.228. The van der Waals surface area contributed by atoms with Gasteiger partial charge in [0.15, 0.2) is 6.61 Å². The molecule has 0 atom stereocenters. The average molecular weight is 267 g/mol. The monoisotopic (exact) mass is 267 g/mol. The number of carboxylic acids is 1. The maximum absolute atomic E-state index is 11.1. The van der Waals surface area contributed by atoms with Gasteiger partial charge in [-0.3, -0.25) is 4.79 Å². The van der Waals surface area contributed by atoms with Gasteiger partial charge in [-0.25, -0.2) is 4.79 Å². The Morgan fingerprint density at radius 2 is 1.89 bits per heavy atom. The molecule has 0 saturated heterocycles. The number of hydrogen-bond donors (Lipinski definition) is 2. The van der Waals surface area contributed by atoms with Gasteiger partial charge in [0, 0.05) is 13.7 Å². The van der Waals surface area contributed by atoms with Crippen molar-refractivity contribution < 1.29 is 24.2 Å². The lowest BCUT2D eigenvalue weighted by atomic mass is 10.1. The van der Waals surface area contributed by atoms with E-state index >= 15 is 0 Å². The van der Waals surface area contributed by atoms with Crippen molar-refractivity contribution in [3.8, 4) is 5.75 Å². The van der Waals surface area contributed by atoms with Crippen molar-refractivity contribution in [3.05, 3.63) is 29.8 Å². The van der Waals surface area contributed by atoms with E-state index in [0.29, 0.717) is 18.7 Å². The van der Waals surface area contributed by atoms with E-state index in [2.05, 4.69) is 5.32 Å². The van der Waals surface area contributed by atoms with Gasteiger partial charge in [-0.2, -0.15) is 0 Å². The lowest BCUT2D eigenvalue weighted by molar-refractivity contribution is -0.139. The van der Waals surface area contributed by atoms with Gasteiger partial charge < -0.3 is 19.9 Å². The van der Waals surface area contributed by atoms with E-state index in [1.54, 1.807) is 12.1 Å². The van der Waals surface area contributed by atoms with E-state index in [9.17, 15) is 9.59 Å². The molecule has 0 aliphatic rings. The van der Waals surface area contributed by atoms with Crippen LogP contribution in [0.25, 0.3) is 0 Å². The van der Waals surface area contributed by atoms with Crippen molar-refractivity contribution in [2.75, 3.05) is 26.9 Å². The number of carbonyl (C=O) groups is 2. The maximum atomic E-state index is 11.1. The van der Waals surface area contributed by atoms with Crippen LogP contribution in [-0.2, 0) is 20.7 Å². The number of carbonyl (C=O) groups excluding carboxylic acids is 1. The summed E-state index contributed by atoms with van der Waals surface area (Å²) in [7, 11) is 1.47. The summed E-state index contributed by atoms with van der Waals surface area (Å²) in [6.07, 6.45) is 0.689. The highest BCUT2D eigenvalue weighted by molar-refractivity contribution is 5.77. The number of carboxylic acid groups (broad SMARTS) is 1. The Morgan fingerprint density at radius 3 is 2.47 bits per heavy atom. The standard InChI is InChI=1S/C13H17NO5/c1-18-8-12(15)14-7-6-10-2-4-11(5-3-10)19-9-13(16)17/h2-5H,6-9H2,1H3,(H,14,15)(H,16,17). The summed E-state index contributed by atoms with van der Waals surface area (Å²) in [6, 6.07) is 7.07. The maximum Gasteiger partial charge on any atom is 0.341 e. The highest BCUT2D eigenvalue weighted by Gasteiger charge is 2.01. The van der Waals surface area contributed by atoms with Crippen LogP contribution in [0.1, 0.15) is 5.56 Å². The van der Waals surface area contributed by atoms with E-state index in [4.69, 9.17) is 14.6 Å². The molecular formula is C13H17NO5. The largest absolute Gasteiger partial charge is 0.482 e.